The number of nitrogens with one attached hydrogen (secondary N) is 1. The zero-order chi connectivity index (χ0) is 29.1. The number of carbonyl (C=O) groups is 3. The second kappa shape index (κ2) is 11.7. The van der Waals surface area contributed by atoms with Gasteiger partial charge in [-0.25, -0.2) is 18.7 Å². The standard InChI is InChI=1S/C28H22ClF2N7O3/c29-20-4-1-3-17(25(20)31)13-35-28(41)22-12-18(30)14-37(22)24(39)15-38-21-7-5-16(6-8-23-33-9-2-10-34-23)11-19(21)26(36-38)27(32)40/h1-5,7,9-11,18,22H,12-15H2,(H2,32,40)(H,35,41)/t18-,22+/m1/s1. The summed E-state index contributed by atoms with van der Waals surface area (Å²) in [5.74, 6) is 3.34. The van der Waals surface area contributed by atoms with Crippen LogP contribution in [-0.4, -0.2) is 61.1 Å². The van der Waals surface area contributed by atoms with Crippen molar-refractivity contribution < 1.29 is 23.2 Å². The number of benzene rings is 2. The predicted molar refractivity (Wildman–Crippen MR) is 145 cm³/mol. The Hall–Kier alpha value is -4.89. The summed E-state index contributed by atoms with van der Waals surface area (Å²) in [6, 6.07) is 9.84. The lowest BCUT2D eigenvalue weighted by Crippen LogP contribution is -2.46. The van der Waals surface area contributed by atoms with Crippen molar-refractivity contribution in [1.82, 2.24) is 30.0 Å². The number of likely N-dealkylation sites (tertiary alicyclic amines) is 1. The average Bonchev–Trinajstić information content (AvgIpc) is 3.53. The molecule has 3 amide bonds. The number of nitrogens with two attached hydrogens (primary N) is 1. The van der Waals surface area contributed by atoms with E-state index in [-0.39, 0.29) is 42.3 Å². The molecule has 0 saturated carbocycles. The number of rotatable bonds is 6. The van der Waals surface area contributed by atoms with Crippen molar-refractivity contribution >= 4 is 40.2 Å². The summed E-state index contributed by atoms with van der Waals surface area (Å²) in [5.41, 5.74) is 6.57. The summed E-state index contributed by atoms with van der Waals surface area (Å²) in [6.07, 6.45) is 1.48. The Kier molecular flexibility index (Phi) is 7.89. The van der Waals surface area contributed by atoms with Gasteiger partial charge in [-0.1, -0.05) is 29.7 Å². The van der Waals surface area contributed by atoms with Gasteiger partial charge >= 0.3 is 0 Å². The number of halogens is 3. The van der Waals surface area contributed by atoms with Crippen molar-refractivity contribution in [2.24, 2.45) is 5.73 Å². The lowest BCUT2D eigenvalue weighted by molar-refractivity contribution is -0.139. The highest BCUT2D eigenvalue weighted by molar-refractivity contribution is 6.30. The zero-order valence-corrected chi connectivity index (χ0v) is 22.1. The highest BCUT2D eigenvalue weighted by atomic mass is 35.5. The van der Waals surface area contributed by atoms with E-state index in [0.717, 1.165) is 4.90 Å². The van der Waals surface area contributed by atoms with Crippen LogP contribution in [0.1, 0.15) is 33.9 Å². The molecule has 3 N–H and O–H groups in total. The van der Waals surface area contributed by atoms with Crippen LogP contribution in [-0.2, 0) is 22.7 Å². The minimum Gasteiger partial charge on any atom is -0.364 e. The predicted octanol–water partition coefficient (Wildman–Crippen LogP) is 2.37. The second-order valence-electron chi connectivity index (χ2n) is 9.25. The third-order valence-corrected chi connectivity index (χ3v) is 6.80. The van der Waals surface area contributed by atoms with E-state index in [1.165, 1.54) is 22.9 Å². The first-order valence-corrected chi connectivity index (χ1v) is 12.8. The second-order valence-corrected chi connectivity index (χ2v) is 9.66. The van der Waals surface area contributed by atoms with E-state index < -0.39 is 35.8 Å². The number of fused-ring (bicyclic) bond motifs is 1. The Morgan fingerprint density at radius 2 is 1.90 bits per heavy atom. The minimum atomic E-state index is -1.43. The van der Waals surface area contributed by atoms with Crippen molar-refractivity contribution in [2.75, 3.05) is 6.54 Å². The molecular formula is C28H22ClF2N7O3. The number of carbonyl (C=O) groups excluding carboxylic acids is 3. The molecule has 3 heterocycles. The van der Waals surface area contributed by atoms with Crippen LogP contribution in [0.2, 0.25) is 5.02 Å². The first-order valence-electron chi connectivity index (χ1n) is 12.4. The van der Waals surface area contributed by atoms with Crippen LogP contribution in [0.5, 0.6) is 0 Å². The molecule has 0 spiro atoms. The Balaban J connectivity index is 1.35. The van der Waals surface area contributed by atoms with Gasteiger partial charge in [0.15, 0.2) is 5.69 Å². The van der Waals surface area contributed by atoms with Crippen molar-refractivity contribution in [3.8, 4) is 11.8 Å². The fourth-order valence-corrected chi connectivity index (χ4v) is 4.76. The lowest BCUT2D eigenvalue weighted by atomic mass is 10.1. The molecule has 4 aromatic rings. The molecule has 5 rings (SSSR count). The first-order chi connectivity index (χ1) is 19.7. The normalized spacial score (nSPS) is 16.3. The maximum atomic E-state index is 14.4. The topological polar surface area (TPSA) is 136 Å². The molecule has 10 nitrogen and oxygen atoms in total. The summed E-state index contributed by atoms with van der Waals surface area (Å²) in [6.45, 7) is -0.869. The van der Waals surface area contributed by atoms with E-state index in [2.05, 4.69) is 32.2 Å². The molecule has 2 atom stereocenters. The molecular weight excluding hydrogens is 556 g/mol. The highest BCUT2D eigenvalue weighted by Crippen LogP contribution is 2.24. The van der Waals surface area contributed by atoms with Crippen molar-refractivity contribution in [3.05, 3.63) is 88.3 Å². The number of amides is 3. The van der Waals surface area contributed by atoms with Crippen LogP contribution in [0.4, 0.5) is 8.78 Å². The Labute approximate surface area is 237 Å². The maximum absolute atomic E-state index is 14.4. The molecule has 208 valence electrons. The van der Waals surface area contributed by atoms with Gasteiger partial charge in [0.05, 0.1) is 17.1 Å². The van der Waals surface area contributed by atoms with Gasteiger partial charge in [0.1, 0.15) is 24.6 Å². The van der Waals surface area contributed by atoms with Crippen LogP contribution in [0.3, 0.4) is 0 Å². The maximum Gasteiger partial charge on any atom is 0.269 e. The van der Waals surface area contributed by atoms with Gasteiger partial charge in [-0.2, -0.15) is 5.10 Å². The van der Waals surface area contributed by atoms with Gasteiger partial charge in [-0.05, 0) is 36.3 Å². The van der Waals surface area contributed by atoms with E-state index in [4.69, 9.17) is 17.3 Å². The molecule has 2 aromatic heterocycles. The van der Waals surface area contributed by atoms with Gasteiger partial charge in [0.2, 0.25) is 17.6 Å². The number of aromatic nitrogens is 4. The summed E-state index contributed by atoms with van der Waals surface area (Å²) >= 11 is 5.79. The Bertz CT molecular complexity index is 1720. The molecule has 41 heavy (non-hydrogen) atoms. The molecule has 1 fully saturated rings. The fourth-order valence-electron chi connectivity index (χ4n) is 4.56. The largest absolute Gasteiger partial charge is 0.364 e. The SMILES string of the molecule is NC(=O)c1nn(CC(=O)N2C[C@H](F)C[C@H]2C(=O)NCc2cccc(Cl)c2F)c2ccc(C#Cc3ncccn3)cc12. The third kappa shape index (κ3) is 6.00. The van der Waals surface area contributed by atoms with Gasteiger partial charge in [-0.15, -0.1) is 0 Å². The number of primary amides is 1. The molecule has 1 aliphatic heterocycles. The number of nitrogens with zero attached hydrogens (tertiary/aromatic N) is 5. The highest BCUT2D eigenvalue weighted by Gasteiger charge is 2.40. The van der Waals surface area contributed by atoms with Crippen LogP contribution in [0, 0.1) is 17.7 Å². The summed E-state index contributed by atoms with van der Waals surface area (Å²) in [5, 5.41) is 7.05. The van der Waals surface area contributed by atoms with Crippen LogP contribution < -0.4 is 11.1 Å². The molecule has 0 unspecified atom stereocenters. The lowest BCUT2D eigenvalue weighted by Gasteiger charge is -2.24. The van der Waals surface area contributed by atoms with Gasteiger partial charge in [0.25, 0.3) is 5.91 Å². The van der Waals surface area contributed by atoms with Crippen LogP contribution in [0.25, 0.3) is 10.9 Å². The number of alkyl halides is 1. The van der Waals surface area contributed by atoms with Crippen molar-refractivity contribution in [3.63, 3.8) is 0 Å². The molecule has 2 aromatic carbocycles. The van der Waals surface area contributed by atoms with Crippen LogP contribution >= 0.6 is 11.6 Å². The van der Waals surface area contributed by atoms with Crippen LogP contribution in [0.15, 0.2) is 54.9 Å². The van der Waals surface area contributed by atoms with Crippen molar-refractivity contribution in [2.45, 2.75) is 31.7 Å². The van der Waals surface area contributed by atoms with E-state index in [1.54, 1.807) is 36.7 Å². The van der Waals surface area contributed by atoms with Gasteiger partial charge in [-0.3, -0.25) is 19.1 Å². The summed E-state index contributed by atoms with van der Waals surface area (Å²) in [7, 11) is 0. The minimum absolute atomic E-state index is 0.0740. The molecule has 1 aliphatic rings. The van der Waals surface area contributed by atoms with E-state index >= 15 is 0 Å². The third-order valence-electron chi connectivity index (χ3n) is 6.51. The molecule has 13 heteroatoms. The molecule has 0 radical (unpaired) electrons. The first kappa shape index (κ1) is 27.7. The van der Waals surface area contributed by atoms with E-state index in [0.29, 0.717) is 22.3 Å². The number of hydrogen-bond donors (Lipinski definition) is 2. The Morgan fingerprint density at radius 1 is 1.12 bits per heavy atom. The van der Waals surface area contributed by atoms with E-state index in [9.17, 15) is 23.2 Å². The summed E-state index contributed by atoms with van der Waals surface area (Å²) in [4.78, 5) is 47.5. The number of hydrogen-bond acceptors (Lipinski definition) is 6. The zero-order valence-electron chi connectivity index (χ0n) is 21.4. The van der Waals surface area contributed by atoms with Crippen molar-refractivity contribution in [1.29, 1.82) is 0 Å². The monoisotopic (exact) mass is 577 g/mol. The smallest absolute Gasteiger partial charge is 0.269 e. The Morgan fingerprint density at radius 3 is 2.66 bits per heavy atom. The van der Waals surface area contributed by atoms with Gasteiger partial charge in [0, 0.05) is 41.9 Å². The van der Waals surface area contributed by atoms with E-state index in [1.807, 2.05) is 0 Å². The fraction of sp³-hybridized carbons (Fsp3) is 0.214. The average molecular weight is 578 g/mol. The quantitative estimate of drug-likeness (QED) is 0.338. The van der Waals surface area contributed by atoms with Gasteiger partial charge < -0.3 is 16.0 Å². The molecule has 0 aliphatic carbocycles. The molecule has 1 saturated heterocycles. The summed E-state index contributed by atoms with van der Waals surface area (Å²) < 4.78 is 29.9. The molecule has 0 bridgehead atoms.